The second kappa shape index (κ2) is 5.98. The van der Waals surface area contributed by atoms with E-state index >= 15 is 0 Å². The highest BCUT2D eigenvalue weighted by Crippen LogP contribution is 2.27. The highest BCUT2D eigenvalue weighted by molar-refractivity contribution is 6.32. The summed E-state index contributed by atoms with van der Waals surface area (Å²) in [6.45, 7) is 0. The summed E-state index contributed by atoms with van der Waals surface area (Å²) in [6.07, 6.45) is 1.77. The van der Waals surface area contributed by atoms with Gasteiger partial charge in [-0.1, -0.05) is 17.7 Å². The van der Waals surface area contributed by atoms with Crippen LogP contribution >= 0.6 is 11.6 Å². The van der Waals surface area contributed by atoms with Gasteiger partial charge in [-0.3, -0.25) is 10.1 Å². The topological polar surface area (TPSA) is 100 Å². The molecule has 3 N–H and O–H groups in total. The first-order valence-electron chi connectivity index (χ1n) is 6.62. The number of aromatic amines is 1. The van der Waals surface area contributed by atoms with Crippen molar-refractivity contribution in [3.63, 3.8) is 0 Å². The summed E-state index contributed by atoms with van der Waals surface area (Å²) in [5.74, 6) is 0. The molecule has 116 valence electrons. The number of nitro benzene ring substituents is 1. The third-order valence-electron chi connectivity index (χ3n) is 3.24. The standard InChI is InChI=1S/C15H11ClN4O3/c16-11-5-4-9(8-14(11)20(22)23)18-15(21)19-13-3-1-2-12-10(13)6-7-17-12/h1-8,17H,(H2,18,19,21). The highest BCUT2D eigenvalue weighted by Gasteiger charge is 2.14. The van der Waals surface area contributed by atoms with Gasteiger partial charge in [-0.25, -0.2) is 4.79 Å². The zero-order valence-corrected chi connectivity index (χ0v) is 12.4. The Hall–Kier alpha value is -3.06. The predicted octanol–water partition coefficient (Wildman–Crippen LogP) is 4.37. The van der Waals surface area contributed by atoms with Crippen molar-refractivity contribution in [1.29, 1.82) is 0 Å². The highest BCUT2D eigenvalue weighted by atomic mass is 35.5. The van der Waals surface area contributed by atoms with Gasteiger partial charge in [0.25, 0.3) is 5.69 Å². The Bertz CT molecular complexity index is 907. The molecule has 0 aliphatic heterocycles. The predicted molar refractivity (Wildman–Crippen MR) is 89.0 cm³/mol. The van der Waals surface area contributed by atoms with Crippen molar-refractivity contribution >= 4 is 45.6 Å². The Balaban J connectivity index is 1.79. The molecule has 0 atom stereocenters. The van der Waals surface area contributed by atoms with Crippen LogP contribution in [0.25, 0.3) is 10.9 Å². The Morgan fingerprint density at radius 3 is 2.78 bits per heavy atom. The van der Waals surface area contributed by atoms with E-state index in [1.165, 1.54) is 18.2 Å². The summed E-state index contributed by atoms with van der Waals surface area (Å²) >= 11 is 5.74. The molecule has 1 heterocycles. The molecular weight excluding hydrogens is 320 g/mol. The molecule has 3 aromatic rings. The van der Waals surface area contributed by atoms with E-state index in [2.05, 4.69) is 15.6 Å². The number of amides is 2. The lowest BCUT2D eigenvalue weighted by atomic mass is 10.2. The number of fused-ring (bicyclic) bond motifs is 1. The number of rotatable bonds is 3. The molecule has 0 saturated heterocycles. The molecule has 7 nitrogen and oxygen atoms in total. The number of anilines is 2. The number of carbonyl (C=O) groups is 1. The van der Waals surface area contributed by atoms with Crippen LogP contribution in [0.3, 0.4) is 0 Å². The van der Waals surface area contributed by atoms with Crippen molar-refractivity contribution in [3.05, 3.63) is 63.8 Å². The number of halogens is 1. The lowest BCUT2D eigenvalue weighted by Gasteiger charge is -2.09. The molecule has 2 aromatic carbocycles. The number of urea groups is 1. The van der Waals surface area contributed by atoms with Crippen molar-refractivity contribution in [3.8, 4) is 0 Å². The summed E-state index contributed by atoms with van der Waals surface area (Å²) < 4.78 is 0. The van der Waals surface area contributed by atoms with Gasteiger partial charge >= 0.3 is 6.03 Å². The zero-order chi connectivity index (χ0) is 16.4. The van der Waals surface area contributed by atoms with E-state index in [1.54, 1.807) is 12.3 Å². The van der Waals surface area contributed by atoms with Crippen LogP contribution in [0.1, 0.15) is 0 Å². The van der Waals surface area contributed by atoms with E-state index in [0.29, 0.717) is 5.69 Å². The lowest BCUT2D eigenvalue weighted by molar-refractivity contribution is -0.384. The molecule has 0 aliphatic carbocycles. The lowest BCUT2D eigenvalue weighted by Crippen LogP contribution is -2.19. The number of carbonyl (C=O) groups excluding carboxylic acids is 1. The molecule has 0 bridgehead atoms. The van der Waals surface area contributed by atoms with Crippen molar-refractivity contribution in [2.75, 3.05) is 10.6 Å². The monoisotopic (exact) mass is 330 g/mol. The van der Waals surface area contributed by atoms with Crippen LogP contribution in [0.4, 0.5) is 21.9 Å². The van der Waals surface area contributed by atoms with Gasteiger partial charge in [-0.15, -0.1) is 0 Å². The molecule has 3 rings (SSSR count). The number of aromatic nitrogens is 1. The Morgan fingerprint density at radius 2 is 2.00 bits per heavy atom. The van der Waals surface area contributed by atoms with E-state index < -0.39 is 11.0 Å². The molecule has 23 heavy (non-hydrogen) atoms. The molecule has 2 amide bonds. The first-order valence-corrected chi connectivity index (χ1v) is 7.00. The van der Waals surface area contributed by atoms with Crippen molar-refractivity contribution in [2.45, 2.75) is 0 Å². The number of nitro groups is 1. The molecule has 8 heteroatoms. The zero-order valence-electron chi connectivity index (χ0n) is 11.7. The summed E-state index contributed by atoms with van der Waals surface area (Å²) in [5.41, 5.74) is 1.53. The Labute approximate surface area is 135 Å². The fraction of sp³-hybridized carbons (Fsp3) is 0. The molecule has 0 spiro atoms. The minimum Gasteiger partial charge on any atom is -0.361 e. The van der Waals surface area contributed by atoms with Gasteiger partial charge < -0.3 is 15.6 Å². The smallest absolute Gasteiger partial charge is 0.323 e. The maximum Gasteiger partial charge on any atom is 0.323 e. The van der Waals surface area contributed by atoms with Gasteiger partial charge in [-0.2, -0.15) is 0 Å². The maximum atomic E-state index is 12.1. The largest absolute Gasteiger partial charge is 0.361 e. The first kappa shape index (κ1) is 14.9. The molecular formula is C15H11ClN4O3. The van der Waals surface area contributed by atoms with Gasteiger partial charge in [0.1, 0.15) is 5.02 Å². The fourth-order valence-electron chi connectivity index (χ4n) is 2.21. The van der Waals surface area contributed by atoms with Gasteiger partial charge in [0.2, 0.25) is 0 Å². The van der Waals surface area contributed by atoms with Gasteiger partial charge in [0.05, 0.1) is 10.6 Å². The van der Waals surface area contributed by atoms with Crippen molar-refractivity contribution in [2.24, 2.45) is 0 Å². The maximum absolute atomic E-state index is 12.1. The van der Waals surface area contributed by atoms with Gasteiger partial charge in [-0.05, 0) is 30.3 Å². The molecule has 1 aromatic heterocycles. The molecule has 0 unspecified atom stereocenters. The number of hydrogen-bond acceptors (Lipinski definition) is 3. The van der Waals surface area contributed by atoms with Crippen LogP contribution in [0.2, 0.25) is 5.02 Å². The minimum atomic E-state index is -0.605. The third-order valence-corrected chi connectivity index (χ3v) is 3.56. The van der Waals surface area contributed by atoms with Crippen LogP contribution in [-0.2, 0) is 0 Å². The summed E-state index contributed by atoms with van der Waals surface area (Å²) in [6, 6.07) is 10.9. The van der Waals surface area contributed by atoms with Gasteiger partial charge in [0, 0.05) is 28.9 Å². The van der Waals surface area contributed by atoms with E-state index in [9.17, 15) is 14.9 Å². The number of benzene rings is 2. The molecule has 0 saturated carbocycles. The first-order chi connectivity index (χ1) is 11.0. The molecule has 0 radical (unpaired) electrons. The van der Waals surface area contributed by atoms with Crippen LogP contribution in [0, 0.1) is 10.1 Å². The van der Waals surface area contributed by atoms with E-state index in [4.69, 9.17) is 11.6 Å². The van der Waals surface area contributed by atoms with Gasteiger partial charge in [0.15, 0.2) is 0 Å². The normalized spacial score (nSPS) is 10.5. The minimum absolute atomic E-state index is 0.0121. The quantitative estimate of drug-likeness (QED) is 0.491. The summed E-state index contributed by atoms with van der Waals surface area (Å²) in [7, 11) is 0. The second-order valence-corrected chi connectivity index (χ2v) is 5.15. The Morgan fingerprint density at radius 1 is 1.17 bits per heavy atom. The van der Waals surface area contributed by atoms with Crippen LogP contribution in [0.15, 0.2) is 48.7 Å². The number of nitrogens with one attached hydrogen (secondary N) is 3. The number of hydrogen-bond donors (Lipinski definition) is 3. The van der Waals surface area contributed by atoms with E-state index in [-0.39, 0.29) is 16.4 Å². The number of H-pyrrole nitrogens is 1. The number of nitrogens with zero attached hydrogens (tertiary/aromatic N) is 1. The second-order valence-electron chi connectivity index (χ2n) is 4.75. The van der Waals surface area contributed by atoms with E-state index in [0.717, 1.165) is 10.9 Å². The van der Waals surface area contributed by atoms with Crippen molar-refractivity contribution in [1.82, 2.24) is 4.98 Å². The van der Waals surface area contributed by atoms with Crippen molar-refractivity contribution < 1.29 is 9.72 Å². The third kappa shape index (κ3) is 3.09. The van der Waals surface area contributed by atoms with E-state index in [1.807, 2.05) is 18.2 Å². The molecule has 0 aliphatic rings. The van der Waals surface area contributed by atoms with Crippen LogP contribution in [0.5, 0.6) is 0 Å². The fourth-order valence-corrected chi connectivity index (χ4v) is 2.40. The average Bonchev–Trinajstić information content (AvgIpc) is 2.98. The average molecular weight is 331 g/mol. The van der Waals surface area contributed by atoms with Crippen LogP contribution in [-0.4, -0.2) is 15.9 Å². The summed E-state index contributed by atoms with van der Waals surface area (Å²) in [4.78, 5) is 25.4. The Kier molecular flexibility index (Phi) is 3.86. The van der Waals surface area contributed by atoms with Crippen LogP contribution < -0.4 is 10.6 Å². The summed E-state index contributed by atoms with van der Waals surface area (Å²) in [5, 5.41) is 17.0. The molecule has 0 fully saturated rings. The SMILES string of the molecule is O=C(Nc1ccc(Cl)c([N+](=O)[O-])c1)Nc1cccc2[nH]ccc12.